The molecule has 318 valence electrons. The molecule has 62 heavy (non-hydrogen) atoms. The molecule has 1 spiro atoms. The molecule has 7 rings (SSSR count). The topological polar surface area (TPSA) is 190 Å². The van der Waals surface area contributed by atoms with Crippen LogP contribution in [-0.4, -0.2) is 75.9 Å². The number of carbonyl (C=O) groups is 2. The number of carboxylic acid groups (broad SMARTS) is 1. The summed E-state index contributed by atoms with van der Waals surface area (Å²) in [4.78, 5) is 30.3. The second-order valence-electron chi connectivity index (χ2n) is 15.5. The summed E-state index contributed by atoms with van der Waals surface area (Å²) < 4.78 is 18.2. The molecule has 2 aliphatic rings. The summed E-state index contributed by atoms with van der Waals surface area (Å²) in [5, 5.41) is 45.3. The van der Waals surface area contributed by atoms with E-state index < -0.39 is 18.1 Å². The molecule has 4 N–H and O–H groups in total. The van der Waals surface area contributed by atoms with Crippen LogP contribution < -0.4 is 24.8 Å². The molecule has 2 saturated heterocycles. The third-order valence-corrected chi connectivity index (χ3v) is 12.1. The van der Waals surface area contributed by atoms with E-state index in [0.717, 1.165) is 42.9 Å². The monoisotopic (exact) mass is 894 g/mol. The number of ether oxygens (including phenoxy) is 3. The number of halogens is 3. The highest BCUT2D eigenvalue weighted by Gasteiger charge is 2.47. The summed E-state index contributed by atoms with van der Waals surface area (Å²) in [6.07, 6.45) is 1.50. The zero-order valence-corrected chi connectivity index (χ0v) is 35.8. The molecule has 13 nitrogen and oxygen atoms in total. The number of hydrogen-bond acceptors (Lipinski definition) is 11. The quantitative estimate of drug-likeness (QED) is 0.0719. The first-order valence-electron chi connectivity index (χ1n) is 19.6. The van der Waals surface area contributed by atoms with Crippen molar-refractivity contribution in [1.82, 2.24) is 20.5 Å². The Balaban J connectivity index is 1.05. The average Bonchev–Trinajstić information content (AvgIpc) is 3.66. The lowest BCUT2D eigenvalue weighted by atomic mass is 9.88. The van der Waals surface area contributed by atoms with Crippen LogP contribution in [0.2, 0.25) is 15.1 Å². The van der Waals surface area contributed by atoms with Gasteiger partial charge in [-0.05, 0) is 60.9 Å². The van der Waals surface area contributed by atoms with Crippen LogP contribution in [0.5, 0.6) is 17.5 Å². The Morgan fingerprint density at radius 2 is 1.55 bits per heavy atom. The van der Waals surface area contributed by atoms with E-state index in [1.54, 1.807) is 18.2 Å². The van der Waals surface area contributed by atoms with Crippen molar-refractivity contribution in [1.29, 1.82) is 10.5 Å². The Bertz CT molecular complexity index is 2560. The maximum Gasteiger partial charge on any atom is 0.326 e. The maximum absolute atomic E-state index is 11.9. The number of hydrogen-bond donors (Lipinski definition) is 4. The number of aliphatic hydroxyl groups excluding tert-OH is 1. The van der Waals surface area contributed by atoms with Crippen LogP contribution >= 0.6 is 34.8 Å². The van der Waals surface area contributed by atoms with Gasteiger partial charge in [0, 0.05) is 60.4 Å². The van der Waals surface area contributed by atoms with Gasteiger partial charge in [0.25, 0.3) is 0 Å². The number of nitriles is 2. The lowest BCUT2D eigenvalue weighted by Gasteiger charge is -2.47. The van der Waals surface area contributed by atoms with Crippen LogP contribution in [0.3, 0.4) is 0 Å². The van der Waals surface area contributed by atoms with Crippen LogP contribution in [0.4, 0.5) is 0 Å². The second-order valence-corrected chi connectivity index (χ2v) is 16.6. The van der Waals surface area contributed by atoms with Crippen LogP contribution in [0, 0.1) is 22.7 Å². The molecular weight excluding hydrogens is 855 g/mol. The summed E-state index contributed by atoms with van der Waals surface area (Å²) in [5.41, 5.74) is 3.39. The number of likely N-dealkylation sites (tertiary alicyclic amines) is 1. The van der Waals surface area contributed by atoms with E-state index in [4.69, 9.17) is 49.0 Å². The second kappa shape index (κ2) is 19.0. The molecule has 0 radical (unpaired) electrons. The molecular formula is C46H41Cl3N6O7. The van der Waals surface area contributed by atoms with Gasteiger partial charge in [0.1, 0.15) is 36.1 Å². The normalized spacial score (nSPS) is 15.2. The van der Waals surface area contributed by atoms with Gasteiger partial charge in [-0.2, -0.15) is 15.5 Å². The van der Waals surface area contributed by atoms with Crippen molar-refractivity contribution in [2.75, 3.05) is 32.8 Å². The summed E-state index contributed by atoms with van der Waals surface area (Å²) >= 11 is 20.8. The van der Waals surface area contributed by atoms with Crippen LogP contribution in [0.15, 0.2) is 84.9 Å². The summed E-state index contributed by atoms with van der Waals surface area (Å²) in [6, 6.07) is 29.1. The van der Waals surface area contributed by atoms with Crippen molar-refractivity contribution in [3.05, 3.63) is 128 Å². The fourth-order valence-corrected chi connectivity index (χ4v) is 8.25. The van der Waals surface area contributed by atoms with Crippen LogP contribution in [0.1, 0.15) is 47.6 Å². The van der Waals surface area contributed by atoms with E-state index in [9.17, 15) is 30.3 Å². The molecule has 0 bridgehead atoms. The van der Waals surface area contributed by atoms with Gasteiger partial charge < -0.3 is 29.7 Å². The number of amides is 1. The van der Waals surface area contributed by atoms with Gasteiger partial charge in [0.2, 0.25) is 17.7 Å². The molecule has 1 amide bonds. The first kappa shape index (κ1) is 44.2. The van der Waals surface area contributed by atoms with E-state index in [1.807, 2.05) is 66.7 Å². The molecule has 1 unspecified atom stereocenters. The highest BCUT2D eigenvalue weighted by Crippen LogP contribution is 2.41. The predicted octanol–water partition coefficient (Wildman–Crippen LogP) is 7.55. The minimum Gasteiger partial charge on any atom is -0.492 e. The zero-order chi connectivity index (χ0) is 44.0. The molecule has 2 fully saturated rings. The average molecular weight is 896 g/mol. The van der Waals surface area contributed by atoms with Crippen molar-refractivity contribution >= 4 is 46.7 Å². The molecule has 2 aliphatic heterocycles. The van der Waals surface area contributed by atoms with Gasteiger partial charge >= 0.3 is 5.97 Å². The lowest BCUT2D eigenvalue weighted by molar-refractivity contribution is -0.146. The Morgan fingerprint density at radius 3 is 2.19 bits per heavy atom. The fourth-order valence-electron chi connectivity index (χ4n) is 7.40. The van der Waals surface area contributed by atoms with E-state index in [-0.39, 0.29) is 59.1 Å². The SMILES string of the molecule is CC(CO)(NCc1cc(Cl)c(OCc2cccc(-c3cccc(-c4ccc(OCCN5CC6(CCC(=O)N6)C5)cc4)c3Cl)c2Cl)nc1OCc1cc(C#N)cc(C#N)c1)C(=O)O. The van der Waals surface area contributed by atoms with E-state index >= 15 is 0 Å². The molecule has 1 atom stereocenters. The van der Waals surface area contributed by atoms with Crippen molar-refractivity contribution in [2.24, 2.45) is 0 Å². The standard InChI is InChI=1S/C46H41Cl3N6O7/c1-45(27-56,44(58)59)52-22-33-19-38(47)43(53-42(33)61-23-30-17-28(20-50)16-29(18-30)21-51)62-24-32-4-2-6-36(40(32)48)37-7-3-5-35(41(37)49)31-8-10-34(11-9-31)60-15-14-55-25-46(26-55)13-12-39(57)54-46/h2-11,16-19,52,56H,12-15,22-27H2,1H3,(H,54,57)(H,58,59). The molecule has 5 aromatic rings. The minimum absolute atomic E-state index is 0.000937. The fraction of sp³-hybridized carbons (Fsp3) is 0.283. The maximum atomic E-state index is 11.9. The first-order chi connectivity index (χ1) is 29.8. The van der Waals surface area contributed by atoms with Gasteiger partial charge in [0.05, 0.1) is 45.5 Å². The van der Waals surface area contributed by atoms with Gasteiger partial charge in [-0.25, -0.2) is 0 Å². The molecule has 3 heterocycles. The molecule has 4 aromatic carbocycles. The smallest absolute Gasteiger partial charge is 0.326 e. The number of aliphatic hydroxyl groups is 1. The largest absolute Gasteiger partial charge is 0.492 e. The number of carbonyl (C=O) groups excluding carboxylic acids is 1. The molecule has 16 heteroatoms. The van der Waals surface area contributed by atoms with E-state index in [2.05, 4.69) is 20.5 Å². The zero-order valence-electron chi connectivity index (χ0n) is 33.5. The molecule has 1 aromatic heterocycles. The number of rotatable bonds is 17. The minimum atomic E-state index is -1.68. The molecule has 0 aliphatic carbocycles. The first-order valence-corrected chi connectivity index (χ1v) is 20.8. The van der Waals surface area contributed by atoms with E-state index in [0.29, 0.717) is 50.9 Å². The molecule has 0 saturated carbocycles. The third kappa shape index (κ3) is 9.90. The van der Waals surface area contributed by atoms with Crippen molar-refractivity contribution in [3.8, 4) is 51.9 Å². The van der Waals surface area contributed by atoms with Crippen LogP contribution in [0.25, 0.3) is 22.3 Å². The number of carboxylic acids is 1. The third-order valence-electron chi connectivity index (χ3n) is 10.9. The highest BCUT2D eigenvalue weighted by molar-refractivity contribution is 6.38. The summed E-state index contributed by atoms with van der Waals surface area (Å²) in [5.74, 6) is -0.360. The number of nitrogens with zero attached hydrogens (tertiary/aromatic N) is 4. The summed E-state index contributed by atoms with van der Waals surface area (Å²) in [6.45, 7) is 3.38. The number of pyridine rings is 1. The van der Waals surface area contributed by atoms with Crippen molar-refractivity contribution < 1.29 is 34.0 Å². The Kier molecular flexibility index (Phi) is 13.5. The van der Waals surface area contributed by atoms with Crippen molar-refractivity contribution in [2.45, 2.75) is 50.6 Å². The van der Waals surface area contributed by atoms with Crippen molar-refractivity contribution in [3.63, 3.8) is 0 Å². The number of nitrogens with one attached hydrogen (secondary N) is 2. The number of aromatic nitrogens is 1. The Morgan fingerprint density at radius 1 is 0.887 bits per heavy atom. The van der Waals surface area contributed by atoms with Crippen LogP contribution in [-0.2, 0) is 29.3 Å². The van der Waals surface area contributed by atoms with Gasteiger partial charge in [0.15, 0.2) is 0 Å². The number of aliphatic carboxylic acids is 1. The summed E-state index contributed by atoms with van der Waals surface area (Å²) in [7, 11) is 0. The Labute approximate surface area is 373 Å². The highest BCUT2D eigenvalue weighted by atomic mass is 35.5. The predicted molar refractivity (Wildman–Crippen MR) is 233 cm³/mol. The lowest BCUT2D eigenvalue weighted by Crippen LogP contribution is -2.67. The van der Waals surface area contributed by atoms with Gasteiger partial charge in [-0.1, -0.05) is 83.3 Å². The number of benzene rings is 4. The van der Waals surface area contributed by atoms with Gasteiger partial charge in [-0.15, -0.1) is 0 Å². The Hall–Kier alpha value is -5.90. The van der Waals surface area contributed by atoms with E-state index in [1.165, 1.54) is 19.1 Å². The van der Waals surface area contributed by atoms with Gasteiger partial charge in [-0.3, -0.25) is 19.8 Å².